The lowest BCUT2D eigenvalue weighted by Crippen LogP contribution is -2.31. The van der Waals surface area contributed by atoms with E-state index in [1.807, 2.05) is 0 Å². The van der Waals surface area contributed by atoms with E-state index in [2.05, 4.69) is 64.6 Å². The van der Waals surface area contributed by atoms with Gasteiger partial charge in [0.15, 0.2) is 0 Å². The molecule has 0 amide bonds. The minimum atomic E-state index is 1.10. The number of aromatic nitrogens is 1. The van der Waals surface area contributed by atoms with E-state index in [0.717, 1.165) is 13.0 Å². The molecule has 0 unspecified atom stereocenters. The molecule has 0 aliphatic carbocycles. The fourth-order valence-corrected chi connectivity index (χ4v) is 3.44. The summed E-state index contributed by atoms with van der Waals surface area (Å²) in [6.45, 7) is 2.28. The van der Waals surface area contributed by atoms with Crippen LogP contribution in [0.3, 0.4) is 0 Å². The highest BCUT2D eigenvalue weighted by molar-refractivity contribution is 5.83. The van der Waals surface area contributed by atoms with E-state index in [4.69, 9.17) is 0 Å². The van der Waals surface area contributed by atoms with Crippen molar-refractivity contribution in [1.29, 1.82) is 0 Å². The zero-order valence-electron chi connectivity index (χ0n) is 12.2. The number of para-hydroxylation sites is 2. The van der Waals surface area contributed by atoms with E-state index in [-0.39, 0.29) is 0 Å². The van der Waals surface area contributed by atoms with E-state index in [0.29, 0.717) is 0 Å². The van der Waals surface area contributed by atoms with Crippen LogP contribution in [0, 0.1) is 0 Å². The molecule has 1 aliphatic rings. The van der Waals surface area contributed by atoms with Gasteiger partial charge in [0.2, 0.25) is 0 Å². The van der Waals surface area contributed by atoms with Crippen LogP contribution in [-0.2, 0) is 12.8 Å². The summed E-state index contributed by atoms with van der Waals surface area (Å²) >= 11 is 0. The van der Waals surface area contributed by atoms with Crippen molar-refractivity contribution >= 4 is 16.6 Å². The van der Waals surface area contributed by atoms with E-state index >= 15 is 0 Å². The van der Waals surface area contributed by atoms with Crippen LogP contribution in [-0.4, -0.2) is 18.1 Å². The van der Waals surface area contributed by atoms with Crippen LogP contribution in [0.4, 0.5) is 5.69 Å². The molecule has 2 nitrogen and oxygen atoms in total. The molecule has 0 radical (unpaired) electrons. The molecule has 1 aromatic heterocycles. The molecule has 0 saturated carbocycles. The fourth-order valence-electron chi connectivity index (χ4n) is 3.44. The van der Waals surface area contributed by atoms with Gasteiger partial charge in [-0.15, -0.1) is 0 Å². The number of nitrogens with zero attached hydrogens (tertiary/aromatic N) is 1. The fraction of sp³-hybridized carbons (Fsp3) is 0.263. The molecule has 0 bridgehead atoms. The molecule has 2 heterocycles. The van der Waals surface area contributed by atoms with Crippen molar-refractivity contribution in [1.82, 2.24) is 4.98 Å². The summed E-state index contributed by atoms with van der Waals surface area (Å²) in [6.07, 6.45) is 5.75. The zero-order valence-corrected chi connectivity index (χ0v) is 12.2. The van der Waals surface area contributed by atoms with Crippen LogP contribution in [0.15, 0.2) is 54.7 Å². The standard InChI is InChI=1S/C19H20N2/c1-4-10-19-15(6-1)7-5-12-21(19)13-11-16-14-20-18-9-3-2-8-17(16)18/h1-4,6,8-10,14,20H,5,7,11-13H2. The molecule has 2 aromatic carbocycles. The summed E-state index contributed by atoms with van der Waals surface area (Å²) in [5.41, 5.74) is 5.60. The first-order valence-electron chi connectivity index (χ1n) is 7.80. The second-order valence-electron chi connectivity index (χ2n) is 5.83. The summed E-state index contributed by atoms with van der Waals surface area (Å²) in [5, 5.41) is 1.36. The van der Waals surface area contributed by atoms with Gasteiger partial charge in [-0.25, -0.2) is 0 Å². The van der Waals surface area contributed by atoms with Gasteiger partial charge in [-0.2, -0.15) is 0 Å². The van der Waals surface area contributed by atoms with Gasteiger partial charge in [-0.05, 0) is 42.5 Å². The van der Waals surface area contributed by atoms with Crippen molar-refractivity contribution in [2.45, 2.75) is 19.3 Å². The average Bonchev–Trinajstić information content (AvgIpc) is 2.96. The largest absolute Gasteiger partial charge is 0.371 e. The Hall–Kier alpha value is -2.22. The molecule has 1 aliphatic heterocycles. The summed E-state index contributed by atoms with van der Waals surface area (Å²) in [6, 6.07) is 17.4. The number of benzene rings is 2. The minimum absolute atomic E-state index is 1.10. The van der Waals surface area contributed by atoms with Crippen LogP contribution < -0.4 is 4.90 Å². The van der Waals surface area contributed by atoms with Gasteiger partial charge in [0.25, 0.3) is 0 Å². The maximum absolute atomic E-state index is 3.38. The summed E-state index contributed by atoms with van der Waals surface area (Å²) in [4.78, 5) is 5.92. The van der Waals surface area contributed by atoms with Crippen LogP contribution in [0.25, 0.3) is 10.9 Å². The predicted molar refractivity (Wildman–Crippen MR) is 89.0 cm³/mol. The van der Waals surface area contributed by atoms with Gasteiger partial charge in [0, 0.05) is 35.9 Å². The summed E-state index contributed by atoms with van der Waals surface area (Å²) < 4.78 is 0. The Bertz CT molecular complexity index is 757. The van der Waals surface area contributed by atoms with Gasteiger partial charge in [0.05, 0.1) is 0 Å². The Morgan fingerprint density at radius 1 is 1.00 bits per heavy atom. The normalized spacial score (nSPS) is 14.4. The lowest BCUT2D eigenvalue weighted by Gasteiger charge is -2.31. The maximum atomic E-state index is 3.38. The molecule has 0 fully saturated rings. The van der Waals surface area contributed by atoms with E-state index in [1.165, 1.54) is 47.1 Å². The monoisotopic (exact) mass is 276 g/mol. The van der Waals surface area contributed by atoms with Crippen molar-refractivity contribution in [3.8, 4) is 0 Å². The zero-order chi connectivity index (χ0) is 14.1. The Kier molecular flexibility index (Phi) is 3.15. The van der Waals surface area contributed by atoms with Gasteiger partial charge in [-0.1, -0.05) is 36.4 Å². The third kappa shape index (κ3) is 2.31. The van der Waals surface area contributed by atoms with E-state index in [9.17, 15) is 0 Å². The quantitative estimate of drug-likeness (QED) is 0.761. The van der Waals surface area contributed by atoms with Gasteiger partial charge in [-0.3, -0.25) is 0 Å². The SMILES string of the molecule is c1ccc2c(c1)CCCN2CCc1c[nH]c2ccccc12. The van der Waals surface area contributed by atoms with Crippen molar-refractivity contribution in [2.24, 2.45) is 0 Å². The maximum Gasteiger partial charge on any atom is 0.0456 e. The van der Waals surface area contributed by atoms with Crippen LogP contribution in [0.1, 0.15) is 17.5 Å². The second-order valence-corrected chi connectivity index (χ2v) is 5.83. The molecule has 4 rings (SSSR count). The first-order valence-corrected chi connectivity index (χ1v) is 7.80. The number of H-pyrrole nitrogens is 1. The first-order chi connectivity index (χ1) is 10.4. The third-order valence-corrected chi connectivity index (χ3v) is 4.53. The topological polar surface area (TPSA) is 19.0 Å². The highest BCUT2D eigenvalue weighted by atomic mass is 15.1. The van der Waals surface area contributed by atoms with Crippen molar-refractivity contribution in [3.05, 3.63) is 65.9 Å². The molecule has 21 heavy (non-hydrogen) atoms. The highest BCUT2D eigenvalue weighted by Crippen LogP contribution is 2.27. The number of hydrogen-bond acceptors (Lipinski definition) is 1. The second kappa shape index (κ2) is 5.28. The lowest BCUT2D eigenvalue weighted by molar-refractivity contribution is 0.688. The smallest absolute Gasteiger partial charge is 0.0456 e. The molecular formula is C19H20N2. The van der Waals surface area contributed by atoms with Crippen LogP contribution in [0.2, 0.25) is 0 Å². The molecule has 2 heteroatoms. The van der Waals surface area contributed by atoms with Gasteiger partial charge < -0.3 is 9.88 Å². The number of nitrogens with one attached hydrogen (secondary N) is 1. The molecule has 0 atom stereocenters. The number of aromatic amines is 1. The Balaban J connectivity index is 1.55. The molecule has 1 N–H and O–H groups in total. The number of rotatable bonds is 3. The molecule has 106 valence electrons. The van der Waals surface area contributed by atoms with Crippen molar-refractivity contribution in [3.63, 3.8) is 0 Å². The minimum Gasteiger partial charge on any atom is -0.371 e. The molecule has 3 aromatic rings. The summed E-state index contributed by atoms with van der Waals surface area (Å²) in [7, 11) is 0. The average molecular weight is 276 g/mol. The molecule has 0 spiro atoms. The van der Waals surface area contributed by atoms with Gasteiger partial charge in [0.1, 0.15) is 0 Å². The Morgan fingerprint density at radius 3 is 2.86 bits per heavy atom. The van der Waals surface area contributed by atoms with Crippen molar-refractivity contribution in [2.75, 3.05) is 18.0 Å². The molecule has 0 saturated heterocycles. The summed E-state index contributed by atoms with van der Waals surface area (Å²) in [5.74, 6) is 0. The lowest BCUT2D eigenvalue weighted by atomic mass is 10.0. The van der Waals surface area contributed by atoms with Crippen molar-refractivity contribution < 1.29 is 0 Å². The van der Waals surface area contributed by atoms with E-state index in [1.54, 1.807) is 0 Å². The van der Waals surface area contributed by atoms with Crippen LogP contribution >= 0.6 is 0 Å². The number of aryl methyl sites for hydroxylation is 1. The Morgan fingerprint density at radius 2 is 1.86 bits per heavy atom. The highest BCUT2D eigenvalue weighted by Gasteiger charge is 2.16. The number of hydrogen-bond donors (Lipinski definition) is 1. The van der Waals surface area contributed by atoms with Crippen LogP contribution in [0.5, 0.6) is 0 Å². The number of fused-ring (bicyclic) bond motifs is 2. The predicted octanol–water partition coefficient (Wildman–Crippen LogP) is 4.16. The van der Waals surface area contributed by atoms with E-state index < -0.39 is 0 Å². The van der Waals surface area contributed by atoms with Gasteiger partial charge >= 0.3 is 0 Å². The first kappa shape index (κ1) is 12.5. The number of anilines is 1. The Labute approximate surface area is 125 Å². The molecular weight excluding hydrogens is 256 g/mol. The third-order valence-electron chi connectivity index (χ3n) is 4.53.